The Bertz CT molecular complexity index is 572. The third-order valence-electron chi connectivity index (χ3n) is 3.43. The van der Waals surface area contributed by atoms with Crippen LogP contribution in [0.3, 0.4) is 0 Å². The predicted molar refractivity (Wildman–Crippen MR) is 67.7 cm³/mol. The van der Waals surface area contributed by atoms with E-state index in [0.717, 1.165) is 0 Å². The Morgan fingerprint density at radius 3 is 2.80 bits per heavy atom. The second-order valence-corrected chi connectivity index (χ2v) is 5.35. The zero-order valence-corrected chi connectivity index (χ0v) is 11.2. The molecule has 0 aliphatic carbocycles. The van der Waals surface area contributed by atoms with E-state index in [2.05, 4.69) is 4.98 Å². The normalized spacial score (nSPS) is 35.1. The number of hydrogen-bond donors (Lipinski definition) is 2. The van der Waals surface area contributed by atoms with Crippen molar-refractivity contribution < 1.29 is 19.3 Å². The van der Waals surface area contributed by atoms with Crippen molar-refractivity contribution in [3.8, 4) is 0 Å². The van der Waals surface area contributed by atoms with Crippen LogP contribution in [-0.2, 0) is 14.2 Å². The minimum Gasteiger partial charge on any atom is -0.394 e. The molecule has 2 saturated heterocycles. The lowest BCUT2D eigenvalue weighted by Gasteiger charge is -2.24. The van der Waals surface area contributed by atoms with Gasteiger partial charge in [-0.2, -0.15) is 4.98 Å². The van der Waals surface area contributed by atoms with Crippen molar-refractivity contribution >= 4 is 5.82 Å². The molecule has 0 bridgehead atoms. The number of aliphatic hydroxyl groups is 1. The number of hydrogen-bond acceptors (Lipinski definition) is 7. The second kappa shape index (κ2) is 4.52. The van der Waals surface area contributed by atoms with Gasteiger partial charge in [0.25, 0.3) is 0 Å². The Labute approximate surface area is 115 Å². The molecule has 8 heteroatoms. The summed E-state index contributed by atoms with van der Waals surface area (Å²) in [6.45, 7) is 3.34. The maximum atomic E-state index is 11.9. The third-order valence-corrected chi connectivity index (χ3v) is 3.43. The van der Waals surface area contributed by atoms with Gasteiger partial charge >= 0.3 is 5.69 Å². The quantitative estimate of drug-likeness (QED) is 0.734. The van der Waals surface area contributed by atoms with E-state index in [1.54, 1.807) is 13.8 Å². The molecule has 0 amide bonds. The summed E-state index contributed by atoms with van der Waals surface area (Å²) < 4.78 is 18.5. The first kappa shape index (κ1) is 13.5. The molecule has 3 N–H and O–H groups in total. The molecule has 1 aromatic heterocycles. The van der Waals surface area contributed by atoms with Crippen LogP contribution in [0.15, 0.2) is 17.1 Å². The summed E-state index contributed by atoms with van der Waals surface area (Å²) in [5.74, 6) is -0.640. The number of aromatic nitrogens is 2. The van der Waals surface area contributed by atoms with Crippen LogP contribution in [0, 0.1) is 0 Å². The summed E-state index contributed by atoms with van der Waals surface area (Å²) in [6.07, 6.45) is -0.647. The first-order valence-corrected chi connectivity index (χ1v) is 6.38. The van der Waals surface area contributed by atoms with E-state index in [0.29, 0.717) is 0 Å². The number of nitrogen functional groups attached to an aromatic ring is 1. The van der Waals surface area contributed by atoms with Crippen molar-refractivity contribution in [1.82, 2.24) is 9.55 Å². The SMILES string of the molecule is CC1(C)O[C@H]2[C@H](O1)[C@H](n1ccc(N)nc1=O)O[C@H]2CO. The number of nitrogens with two attached hydrogens (primary N) is 1. The van der Waals surface area contributed by atoms with Crippen LogP contribution in [0.1, 0.15) is 20.1 Å². The van der Waals surface area contributed by atoms with Gasteiger partial charge in [-0.3, -0.25) is 4.57 Å². The van der Waals surface area contributed by atoms with Crippen LogP contribution < -0.4 is 11.4 Å². The van der Waals surface area contributed by atoms with E-state index in [1.165, 1.54) is 16.8 Å². The largest absolute Gasteiger partial charge is 0.394 e. The van der Waals surface area contributed by atoms with Gasteiger partial charge in [0.15, 0.2) is 12.0 Å². The van der Waals surface area contributed by atoms with Gasteiger partial charge in [0, 0.05) is 6.20 Å². The maximum absolute atomic E-state index is 11.9. The highest BCUT2D eigenvalue weighted by Crippen LogP contribution is 2.42. The van der Waals surface area contributed by atoms with Gasteiger partial charge in [0.2, 0.25) is 0 Å². The Morgan fingerprint density at radius 2 is 2.15 bits per heavy atom. The lowest BCUT2D eigenvalue weighted by molar-refractivity contribution is -0.200. The fraction of sp³-hybridized carbons (Fsp3) is 0.667. The molecule has 0 saturated carbocycles. The Balaban J connectivity index is 1.96. The fourth-order valence-corrected chi connectivity index (χ4v) is 2.65. The Morgan fingerprint density at radius 1 is 1.45 bits per heavy atom. The summed E-state index contributed by atoms with van der Waals surface area (Å²) in [5, 5.41) is 9.38. The number of anilines is 1. The summed E-state index contributed by atoms with van der Waals surface area (Å²) in [7, 11) is 0. The van der Waals surface area contributed by atoms with Crippen LogP contribution in [0.5, 0.6) is 0 Å². The molecule has 0 unspecified atom stereocenters. The van der Waals surface area contributed by atoms with Crippen molar-refractivity contribution in [2.45, 2.75) is 44.2 Å². The van der Waals surface area contributed by atoms with E-state index in [9.17, 15) is 9.90 Å². The van der Waals surface area contributed by atoms with Crippen LogP contribution >= 0.6 is 0 Å². The van der Waals surface area contributed by atoms with Gasteiger partial charge in [-0.1, -0.05) is 0 Å². The molecule has 110 valence electrons. The van der Waals surface area contributed by atoms with Crippen molar-refractivity contribution in [3.63, 3.8) is 0 Å². The molecule has 8 nitrogen and oxygen atoms in total. The molecular weight excluding hydrogens is 266 g/mol. The van der Waals surface area contributed by atoms with E-state index in [-0.39, 0.29) is 12.4 Å². The molecule has 1 aromatic rings. The lowest BCUT2D eigenvalue weighted by Crippen LogP contribution is -2.35. The summed E-state index contributed by atoms with van der Waals surface area (Å²) in [5.41, 5.74) is 4.94. The minimum absolute atomic E-state index is 0.142. The molecule has 2 fully saturated rings. The minimum atomic E-state index is -0.782. The average Bonchev–Trinajstić information content (AvgIpc) is 2.83. The number of nitrogens with zero attached hydrogens (tertiary/aromatic N) is 2. The first-order valence-electron chi connectivity index (χ1n) is 6.38. The molecule has 2 aliphatic rings. The zero-order chi connectivity index (χ0) is 14.5. The number of ether oxygens (including phenoxy) is 3. The van der Waals surface area contributed by atoms with E-state index >= 15 is 0 Å². The van der Waals surface area contributed by atoms with Crippen LogP contribution in [0.4, 0.5) is 5.82 Å². The highest BCUT2D eigenvalue weighted by atomic mass is 16.8. The monoisotopic (exact) mass is 283 g/mol. The fourth-order valence-electron chi connectivity index (χ4n) is 2.65. The topological polar surface area (TPSA) is 109 Å². The number of fused-ring (bicyclic) bond motifs is 1. The first-order chi connectivity index (χ1) is 9.41. The molecular formula is C12H17N3O5. The molecule has 4 atom stereocenters. The third kappa shape index (κ3) is 2.10. The van der Waals surface area contributed by atoms with E-state index in [4.69, 9.17) is 19.9 Å². The van der Waals surface area contributed by atoms with Crippen molar-refractivity contribution in [1.29, 1.82) is 0 Å². The van der Waals surface area contributed by atoms with Gasteiger partial charge in [-0.05, 0) is 19.9 Å². The van der Waals surface area contributed by atoms with Gasteiger partial charge in [0.05, 0.1) is 6.61 Å². The molecule has 0 radical (unpaired) electrons. The molecule has 20 heavy (non-hydrogen) atoms. The van der Waals surface area contributed by atoms with Crippen molar-refractivity contribution in [2.75, 3.05) is 12.3 Å². The average molecular weight is 283 g/mol. The van der Waals surface area contributed by atoms with Gasteiger partial charge in [0.1, 0.15) is 24.1 Å². The van der Waals surface area contributed by atoms with Gasteiger partial charge in [-0.15, -0.1) is 0 Å². The van der Waals surface area contributed by atoms with Gasteiger partial charge < -0.3 is 25.1 Å². The summed E-state index contributed by atoms with van der Waals surface area (Å²) in [6, 6.07) is 1.51. The van der Waals surface area contributed by atoms with Gasteiger partial charge in [-0.25, -0.2) is 4.79 Å². The number of aliphatic hydroxyl groups excluding tert-OH is 1. The van der Waals surface area contributed by atoms with Crippen LogP contribution in [0.25, 0.3) is 0 Å². The Kier molecular flexibility index (Phi) is 3.05. The lowest BCUT2D eigenvalue weighted by atomic mass is 10.1. The van der Waals surface area contributed by atoms with Crippen LogP contribution in [-0.4, -0.2) is 45.4 Å². The summed E-state index contributed by atoms with van der Waals surface area (Å²) >= 11 is 0. The standard InChI is InChI=1S/C12H17N3O5/c1-12(2)19-8-6(5-16)18-10(9(8)20-12)15-4-3-7(13)14-11(15)17/h3-4,6,8-10,16H,5H2,1-2H3,(H2,13,14,17)/t6-,8+,9-,10+/m0/s1. The van der Waals surface area contributed by atoms with Crippen molar-refractivity contribution in [2.24, 2.45) is 0 Å². The zero-order valence-electron chi connectivity index (χ0n) is 11.2. The molecule has 0 spiro atoms. The van der Waals surface area contributed by atoms with E-state index in [1.807, 2.05) is 0 Å². The summed E-state index contributed by atoms with van der Waals surface area (Å²) in [4.78, 5) is 15.6. The molecule has 0 aromatic carbocycles. The van der Waals surface area contributed by atoms with E-state index < -0.39 is 36.0 Å². The second-order valence-electron chi connectivity index (χ2n) is 5.35. The van der Waals surface area contributed by atoms with Crippen molar-refractivity contribution in [3.05, 3.63) is 22.7 Å². The highest BCUT2D eigenvalue weighted by molar-refractivity contribution is 5.23. The Hall–Kier alpha value is -1.48. The number of rotatable bonds is 2. The highest BCUT2D eigenvalue weighted by Gasteiger charge is 2.55. The molecule has 2 aliphatic heterocycles. The van der Waals surface area contributed by atoms with Crippen LogP contribution in [0.2, 0.25) is 0 Å². The molecule has 3 heterocycles. The smallest absolute Gasteiger partial charge is 0.351 e. The maximum Gasteiger partial charge on any atom is 0.351 e. The molecule has 3 rings (SSSR count). The predicted octanol–water partition coefficient (Wildman–Crippen LogP) is -0.765.